The fraction of sp³-hybridized carbons (Fsp3) is 0.933. The average Bonchev–Trinajstić information content (AvgIpc) is 2.42. The van der Waals surface area contributed by atoms with Crippen LogP contribution in [0.15, 0.2) is 0 Å². The Morgan fingerprint density at radius 2 is 2.05 bits per heavy atom. The van der Waals surface area contributed by atoms with Crippen molar-refractivity contribution < 1.29 is 9.53 Å². The quantitative estimate of drug-likeness (QED) is 0.845. The van der Waals surface area contributed by atoms with E-state index in [2.05, 4.69) is 0 Å². The Labute approximate surface area is 116 Å². The number of nitrogens with zero attached hydrogens (tertiary/aromatic N) is 1. The van der Waals surface area contributed by atoms with Gasteiger partial charge < -0.3 is 15.4 Å². The molecule has 4 nitrogen and oxygen atoms in total. The minimum absolute atomic E-state index is 0.226. The van der Waals surface area contributed by atoms with Gasteiger partial charge in [0.1, 0.15) is 0 Å². The largest absolute Gasteiger partial charge is 0.381 e. The summed E-state index contributed by atoms with van der Waals surface area (Å²) in [4.78, 5) is 14.1. The van der Waals surface area contributed by atoms with Crippen molar-refractivity contribution in [3.05, 3.63) is 0 Å². The first-order chi connectivity index (χ1) is 9.16. The molecule has 1 aliphatic carbocycles. The highest BCUT2D eigenvalue weighted by Gasteiger charge is 2.26. The third kappa shape index (κ3) is 4.46. The van der Waals surface area contributed by atoms with Crippen molar-refractivity contribution in [3.8, 4) is 0 Å². The molecule has 1 saturated heterocycles. The molecule has 0 aromatic rings. The minimum Gasteiger partial charge on any atom is -0.381 e. The van der Waals surface area contributed by atoms with E-state index in [4.69, 9.17) is 10.5 Å². The Morgan fingerprint density at radius 3 is 2.74 bits per heavy atom. The van der Waals surface area contributed by atoms with Crippen LogP contribution >= 0.6 is 0 Å². The summed E-state index contributed by atoms with van der Waals surface area (Å²) in [5.74, 6) is 1.17. The molecule has 4 heteroatoms. The van der Waals surface area contributed by atoms with E-state index in [1.807, 2.05) is 11.9 Å². The van der Waals surface area contributed by atoms with E-state index >= 15 is 0 Å². The van der Waals surface area contributed by atoms with Crippen molar-refractivity contribution in [2.45, 2.75) is 51.0 Å². The standard InChI is InChI=1S/C15H28N2O2/c1-17(10-12-5-4-8-19-11-12)15(18)9-13-6-2-3-7-14(13)16/h12-14H,2-11,16H2,1H3. The molecule has 19 heavy (non-hydrogen) atoms. The van der Waals surface area contributed by atoms with Crippen LogP contribution in [0.1, 0.15) is 44.9 Å². The average molecular weight is 268 g/mol. The van der Waals surface area contributed by atoms with E-state index in [-0.39, 0.29) is 11.9 Å². The summed E-state index contributed by atoms with van der Waals surface area (Å²) in [6.45, 7) is 2.52. The van der Waals surface area contributed by atoms with Crippen molar-refractivity contribution in [1.29, 1.82) is 0 Å². The van der Waals surface area contributed by atoms with Crippen LogP contribution in [0.2, 0.25) is 0 Å². The van der Waals surface area contributed by atoms with Crippen molar-refractivity contribution in [2.24, 2.45) is 17.6 Å². The fourth-order valence-corrected chi connectivity index (χ4v) is 3.31. The van der Waals surface area contributed by atoms with Gasteiger partial charge in [0.25, 0.3) is 0 Å². The summed E-state index contributed by atoms with van der Waals surface area (Å²) >= 11 is 0. The minimum atomic E-state index is 0.226. The molecular weight excluding hydrogens is 240 g/mol. The maximum Gasteiger partial charge on any atom is 0.222 e. The molecule has 1 heterocycles. The Kier molecular flexibility index (Phi) is 5.64. The lowest BCUT2D eigenvalue weighted by Crippen LogP contribution is -2.40. The van der Waals surface area contributed by atoms with Crippen molar-refractivity contribution in [1.82, 2.24) is 4.90 Å². The zero-order chi connectivity index (χ0) is 13.7. The molecular formula is C15H28N2O2. The summed E-state index contributed by atoms with van der Waals surface area (Å²) in [5.41, 5.74) is 6.12. The van der Waals surface area contributed by atoms with Crippen LogP contribution in [0.5, 0.6) is 0 Å². The zero-order valence-corrected chi connectivity index (χ0v) is 12.1. The van der Waals surface area contributed by atoms with Crippen LogP contribution in [-0.4, -0.2) is 43.7 Å². The number of carbonyl (C=O) groups excluding carboxylic acids is 1. The molecule has 0 bridgehead atoms. The molecule has 0 radical (unpaired) electrons. The van der Waals surface area contributed by atoms with Gasteiger partial charge in [-0.2, -0.15) is 0 Å². The molecule has 2 aliphatic rings. The van der Waals surface area contributed by atoms with Crippen LogP contribution in [0.3, 0.4) is 0 Å². The molecule has 1 aliphatic heterocycles. The van der Waals surface area contributed by atoms with Gasteiger partial charge in [0.15, 0.2) is 0 Å². The van der Waals surface area contributed by atoms with Gasteiger partial charge >= 0.3 is 0 Å². The predicted octanol–water partition coefficient (Wildman–Crippen LogP) is 1.78. The maximum absolute atomic E-state index is 12.3. The Bertz CT molecular complexity index is 290. The second-order valence-corrected chi connectivity index (χ2v) is 6.27. The number of nitrogens with two attached hydrogens (primary N) is 1. The van der Waals surface area contributed by atoms with Gasteiger partial charge in [0.2, 0.25) is 5.91 Å². The fourth-order valence-electron chi connectivity index (χ4n) is 3.31. The van der Waals surface area contributed by atoms with Crippen molar-refractivity contribution in [2.75, 3.05) is 26.8 Å². The molecule has 3 atom stereocenters. The van der Waals surface area contributed by atoms with Crippen molar-refractivity contribution >= 4 is 5.91 Å². The lowest BCUT2D eigenvalue weighted by Gasteiger charge is -2.31. The lowest BCUT2D eigenvalue weighted by molar-refractivity contribution is -0.132. The molecule has 3 unspecified atom stereocenters. The third-order valence-corrected chi connectivity index (χ3v) is 4.62. The van der Waals surface area contributed by atoms with E-state index in [1.54, 1.807) is 0 Å². The molecule has 2 rings (SSSR count). The highest BCUT2D eigenvalue weighted by atomic mass is 16.5. The summed E-state index contributed by atoms with van der Waals surface area (Å²) in [6, 6.07) is 0.226. The summed E-state index contributed by atoms with van der Waals surface area (Å²) < 4.78 is 5.47. The normalized spacial score (nSPS) is 32.0. The summed E-state index contributed by atoms with van der Waals surface area (Å²) in [5, 5.41) is 0. The van der Waals surface area contributed by atoms with E-state index in [0.29, 0.717) is 18.3 Å². The summed E-state index contributed by atoms with van der Waals surface area (Å²) in [6.07, 6.45) is 7.59. The molecule has 0 aromatic carbocycles. The van der Waals surface area contributed by atoms with Gasteiger partial charge in [-0.1, -0.05) is 12.8 Å². The van der Waals surface area contributed by atoms with E-state index in [0.717, 1.165) is 39.0 Å². The van der Waals surface area contributed by atoms with Crippen LogP contribution < -0.4 is 5.73 Å². The van der Waals surface area contributed by atoms with Crippen LogP contribution in [0.4, 0.5) is 0 Å². The van der Waals surface area contributed by atoms with E-state index in [1.165, 1.54) is 19.3 Å². The zero-order valence-electron chi connectivity index (χ0n) is 12.1. The van der Waals surface area contributed by atoms with Gasteiger partial charge in [-0.15, -0.1) is 0 Å². The summed E-state index contributed by atoms with van der Waals surface area (Å²) in [7, 11) is 1.92. The maximum atomic E-state index is 12.3. The first kappa shape index (κ1) is 14.8. The van der Waals surface area contributed by atoms with Gasteiger partial charge in [0.05, 0.1) is 6.61 Å². The number of amides is 1. The van der Waals surface area contributed by atoms with Gasteiger partial charge in [0, 0.05) is 32.7 Å². The molecule has 110 valence electrons. The molecule has 1 amide bonds. The van der Waals surface area contributed by atoms with Crippen LogP contribution in [-0.2, 0) is 9.53 Å². The number of hydrogen-bond acceptors (Lipinski definition) is 3. The predicted molar refractivity (Wildman–Crippen MR) is 75.7 cm³/mol. The Hall–Kier alpha value is -0.610. The number of carbonyl (C=O) groups is 1. The monoisotopic (exact) mass is 268 g/mol. The number of hydrogen-bond donors (Lipinski definition) is 1. The van der Waals surface area contributed by atoms with E-state index in [9.17, 15) is 4.79 Å². The molecule has 0 spiro atoms. The van der Waals surface area contributed by atoms with Crippen molar-refractivity contribution in [3.63, 3.8) is 0 Å². The Balaban J connectivity index is 1.74. The SMILES string of the molecule is CN(CC1CCCOC1)C(=O)CC1CCCCC1N. The Morgan fingerprint density at radius 1 is 1.26 bits per heavy atom. The molecule has 1 saturated carbocycles. The second-order valence-electron chi connectivity index (χ2n) is 6.27. The van der Waals surface area contributed by atoms with Crippen LogP contribution in [0.25, 0.3) is 0 Å². The van der Waals surface area contributed by atoms with Gasteiger partial charge in [-0.3, -0.25) is 4.79 Å². The van der Waals surface area contributed by atoms with Crippen LogP contribution in [0, 0.1) is 11.8 Å². The highest BCUT2D eigenvalue weighted by Crippen LogP contribution is 2.26. The smallest absolute Gasteiger partial charge is 0.222 e. The number of rotatable bonds is 4. The lowest BCUT2D eigenvalue weighted by atomic mass is 9.82. The van der Waals surface area contributed by atoms with Gasteiger partial charge in [-0.05, 0) is 37.5 Å². The first-order valence-corrected chi connectivity index (χ1v) is 7.74. The third-order valence-electron chi connectivity index (χ3n) is 4.62. The molecule has 0 aromatic heterocycles. The molecule has 2 N–H and O–H groups in total. The second kappa shape index (κ2) is 7.25. The van der Waals surface area contributed by atoms with E-state index < -0.39 is 0 Å². The van der Waals surface area contributed by atoms with Gasteiger partial charge in [-0.25, -0.2) is 0 Å². The first-order valence-electron chi connectivity index (χ1n) is 7.74. The number of ether oxygens (including phenoxy) is 1. The molecule has 2 fully saturated rings. The topological polar surface area (TPSA) is 55.6 Å². The highest BCUT2D eigenvalue weighted by molar-refractivity contribution is 5.76.